The number of anilines is 1. The zero-order chi connectivity index (χ0) is 23.7. The lowest BCUT2D eigenvalue weighted by Gasteiger charge is -2.13. The van der Waals surface area contributed by atoms with E-state index in [0.717, 1.165) is 9.71 Å². The van der Waals surface area contributed by atoms with Crippen molar-refractivity contribution in [3.63, 3.8) is 0 Å². The average Bonchev–Trinajstić information content (AvgIpc) is 3.28. The maximum Gasteiger partial charge on any atom is 0.280 e. The van der Waals surface area contributed by atoms with Crippen molar-refractivity contribution in [1.82, 2.24) is 4.98 Å². The van der Waals surface area contributed by atoms with Gasteiger partial charge in [-0.25, -0.2) is 4.98 Å². The molecule has 0 spiro atoms. The van der Waals surface area contributed by atoms with Gasteiger partial charge in [0.25, 0.3) is 5.91 Å². The third-order valence-corrected chi connectivity index (χ3v) is 6.31. The molecule has 9 heteroatoms. The standard InChI is InChI=1S/C25H16ClN3O4S/c1-32-18-10-11-20-22(12-18)34-25(28-20)29(24(31)15-6-8-17(26)9-7-15)27-13-16-14-33-21-5-3-2-4-19(21)23(16)30/h2-14H,1H3/b27-13+. The second-order valence-corrected chi connectivity index (χ2v) is 8.66. The van der Waals surface area contributed by atoms with Gasteiger partial charge in [-0.3, -0.25) is 9.59 Å². The molecule has 0 fully saturated rings. The van der Waals surface area contributed by atoms with Gasteiger partial charge in [0, 0.05) is 10.6 Å². The summed E-state index contributed by atoms with van der Waals surface area (Å²) in [5.41, 5.74) is 1.48. The van der Waals surface area contributed by atoms with Gasteiger partial charge >= 0.3 is 0 Å². The van der Waals surface area contributed by atoms with Crippen LogP contribution in [0.25, 0.3) is 21.2 Å². The molecule has 168 valence electrons. The Morgan fingerprint density at radius 2 is 1.94 bits per heavy atom. The molecule has 0 unspecified atom stereocenters. The molecular formula is C25H16ClN3O4S. The van der Waals surface area contributed by atoms with Gasteiger partial charge in [0.15, 0.2) is 0 Å². The van der Waals surface area contributed by atoms with Gasteiger partial charge in [0.2, 0.25) is 10.6 Å². The Morgan fingerprint density at radius 1 is 1.15 bits per heavy atom. The highest BCUT2D eigenvalue weighted by molar-refractivity contribution is 7.22. The van der Waals surface area contributed by atoms with Crippen LogP contribution in [0.4, 0.5) is 5.13 Å². The first-order chi connectivity index (χ1) is 16.5. The Morgan fingerprint density at radius 3 is 2.74 bits per heavy atom. The SMILES string of the molecule is COc1ccc2nc(N(/N=C/c3coc4ccccc4c3=O)C(=O)c3ccc(Cl)cc3)sc2c1. The van der Waals surface area contributed by atoms with E-state index in [1.807, 2.05) is 6.07 Å². The summed E-state index contributed by atoms with van der Waals surface area (Å²) in [6.07, 6.45) is 2.63. The number of carbonyl (C=O) groups excluding carboxylic acids is 1. The van der Waals surface area contributed by atoms with E-state index in [1.165, 1.54) is 23.8 Å². The van der Waals surface area contributed by atoms with Crippen molar-refractivity contribution in [3.05, 3.63) is 99.4 Å². The molecule has 3 aromatic carbocycles. The fourth-order valence-electron chi connectivity index (χ4n) is 3.32. The third kappa shape index (κ3) is 4.16. The van der Waals surface area contributed by atoms with Gasteiger partial charge in [-0.1, -0.05) is 35.1 Å². The first kappa shape index (κ1) is 21.8. The van der Waals surface area contributed by atoms with E-state index in [2.05, 4.69) is 10.1 Å². The molecule has 2 aromatic heterocycles. The number of thiazole rings is 1. The topological polar surface area (TPSA) is 85.0 Å². The number of fused-ring (bicyclic) bond motifs is 2. The summed E-state index contributed by atoms with van der Waals surface area (Å²) in [6, 6.07) is 18.8. The van der Waals surface area contributed by atoms with E-state index in [0.29, 0.717) is 38.0 Å². The number of nitrogens with zero attached hydrogens (tertiary/aromatic N) is 3. The third-order valence-electron chi connectivity index (χ3n) is 5.07. The summed E-state index contributed by atoms with van der Waals surface area (Å²) in [4.78, 5) is 30.8. The number of halogens is 1. The van der Waals surface area contributed by atoms with Gasteiger partial charge in [-0.2, -0.15) is 10.1 Å². The molecule has 0 saturated carbocycles. The van der Waals surface area contributed by atoms with E-state index in [4.69, 9.17) is 20.8 Å². The Bertz CT molecular complexity index is 1610. The number of benzene rings is 3. The minimum Gasteiger partial charge on any atom is -0.497 e. The monoisotopic (exact) mass is 489 g/mol. The van der Waals surface area contributed by atoms with Crippen molar-refractivity contribution in [1.29, 1.82) is 0 Å². The van der Waals surface area contributed by atoms with Gasteiger partial charge in [-0.05, 0) is 54.6 Å². The second-order valence-electron chi connectivity index (χ2n) is 7.21. The average molecular weight is 490 g/mol. The van der Waals surface area contributed by atoms with Crippen molar-refractivity contribution >= 4 is 61.4 Å². The number of methoxy groups -OCH3 is 1. The molecule has 7 nitrogen and oxygen atoms in total. The number of ether oxygens (including phenoxy) is 1. The van der Waals surface area contributed by atoms with E-state index < -0.39 is 5.91 Å². The van der Waals surface area contributed by atoms with Gasteiger partial charge < -0.3 is 9.15 Å². The van der Waals surface area contributed by atoms with Crippen LogP contribution in [0.1, 0.15) is 15.9 Å². The van der Waals surface area contributed by atoms with E-state index in [9.17, 15) is 9.59 Å². The lowest BCUT2D eigenvalue weighted by Crippen LogP contribution is -2.26. The molecule has 34 heavy (non-hydrogen) atoms. The van der Waals surface area contributed by atoms with Crippen molar-refractivity contribution in [2.75, 3.05) is 12.1 Å². The van der Waals surface area contributed by atoms with Crippen LogP contribution in [-0.4, -0.2) is 24.2 Å². The number of hydrogen-bond acceptors (Lipinski definition) is 7. The normalized spacial score (nSPS) is 11.4. The Hall–Kier alpha value is -4.01. The van der Waals surface area contributed by atoms with Crippen LogP contribution in [-0.2, 0) is 0 Å². The summed E-state index contributed by atoms with van der Waals surface area (Å²) in [6.45, 7) is 0. The number of amides is 1. The number of hydrogen-bond donors (Lipinski definition) is 0. The van der Waals surface area contributed by atoms with Crippen molar-refractivity contribution in [2.24, 2.45) is 5.10 Å². The van der Waals surface area contributed by atoms with Gasteiger partial charge in [0.1, 0.15) is 17.6 Å². The molecule has 0 atom stereocenters. The van der Waals surface area contributed by atoms with Crippen LogP contribution in [0.2, 0.25) is 5.02 Å². The summed E-state index contributed by atoms with van der Waals surface area (Å²) in [7, 11) is 1.58. The minimum absolute atomic E-state index is 0.204. The Balaban J connectivity index is 1.59. The molecule has 0 radical (unpaired) electrons. The summed E-state index contributed by atoms with van der Waals surface area (Å²) < 4.78 is 11.7. The van der Waals surface area contributed by atoms with Gasteiger partial charge in [-0.15, -0.1) is 0 Å². The molecule has 0 N–H and O–H groups in total. The fraction of sp³-hybridized carbons (Fsp3) is 0.0400. The molecule has 0 aliphatic rings. The van der Waals surface area contributed by atoms with Crippen LogP contribution < -0.4 is 15.2 Å². The fourth-order valence-corrected chi connectivity index (χ4v) is 4.39. The maximum absolute atomic E-state index is 13.4. The molecule has 0 saturated heterocycles. The van der Waals surface area contributed by atoms with Crippen LogP contribution in [0.5, 0.6) is 5.75 Å². The zero-order valence-electron chi connectivity index (χ0n) is 17.8. The number of rotatable bonds is 5. The molecule has 5 aromatic rings. The lowest BCUT2D eigenvalue weighted by atomic mass is 10.2. The number of aromatic nitrogens is 1. The van der Waals surface area contributed by atoms with E-state index in [1.54, 1.807) is 67.8 Å². The first-order valence-corrected chi connectivity index (χ1v) is 11.3. The van der Waals surface area contributed by atoms with Crippen molar-refractivity contribution in [2.45, 2.75) is 0 Å². The summed E-state index contributed by atoms with van der Waals surface area (Å²) in [5.74, 6) is 0.250. The predicted molar refractivity (Wildman–Crippen MR) is 135 cm³/mol. The highest BCUT2D eigenvalue weighted by Gasteiger charge is 2.21. The quantitative estimate of drug-likeness (QED) is 0.232. The van der Waals surface area contributed by atoms with Crippen molar-refractivity contribution in [3.8, 4) is 5.75 Å². The highest BCUT2D eigenvalue weighted by Crippen LogP contribution is 2.32. The van der Waals surface area contributed by atoms with Gasteiger partial charge in [0.05, 0.1) is 34.5 Å². The highest BCUT2D eigenvalue weighted by atomic mass is 35.5. The minimum atomic E-state index is -0.427. The first-order valence-electron chi connectivity index (χ1n) is 10.1. The smallest absolute Gasteiger partial charge is 0.280 e. The number of hydrazone groups is 1. The summed E-state index contributed by atoms with van der Waals surface area (Å²) >= 11 is 7.26. The van der Waals surface area contributed by atoms with Crippen LogP contribution in [0.3, 0.4) is 0 Å². The largest absolute Gasteiger partial charge is 0.497 e. The van der Waals surface area contributed by atoms with E-state index in [-0.39, 0.29) is 11.0 Å². The molecule has 2 heterocycles. The second kappa shape index (κ2) is 9.09. The number of para-hydroxylation sites is 1. The van der Waals surface area contributed by atoms with E-state index >= 15 is 0 Å². The van der Waals surface area contributed by atoms with Crippen LogP contribution in [0, 0.1) is 0 Å². The van der Waals surface area contributed by atoms with Crippen molar-refractivity contribution < 1.29 is 13.9 Å². The molecule has 0 aliphatic heterocycles. The molecule has 0 bridgehead atoms. The molecule has 0 aliphatic carbocycles. The van der Waals surface area contributed by atoms with Crippen LogP contribution in [0.15, 0.2) is 87.3 Å². The Kier molecular flexibility index (Phi) is 5.83. The van der Waals surface area contributed by atoms with Crippen LogP contribution >= 0.6 is 22.9 Å². The summed E-state index contributed by atoms with van der Waals surface area (Å²) in [5, 5.41) is 6.78. The lowest BCUT2D eigenvalue weighted by molar-refractivity contribution is 0.0988. The zero-order valence-corrected chi connectivity index (χ0v) is 19.3. The molecule has 1 amide bonds. The molecular weight excluding hydrogens is 474 g/mol. The maximum atomic E-state index is 13.4. The molecule has 5 rings (SSSR count). The Labute approximate surface area is 202 Å². The number of carbonyl (C=O) groups is 1. The predicted octanol–water partition coefficient (Wildman–Crippen LogP) is 5.75.